The maximum absolute atomic E-state index is 4.94. The van der Waals surface area contributed by atoms with Crippen molar-refractivity contribution in [1.29, 1.82) is 0 Å². The van der Waals surface area contributed by atoms with Crippen LogP contribution in [0.4, 0.5) is 0 Å². The fourth-order valence-electron chi connectivity index (χ4n) is 4.59. The number of hydrogen-bond acceptors (Lipinski definition) is 2. The van der Waals surface area contributed by atoms with Gasteiger partial charge < -0.3 is 25.3 Å². The summed E-state index contributed by atoms with van der Waals surface area (Å²) in [4.78, 5) is 0. The minimum atomic E-state index is 0. The predicted octanol–water partition coefficient (Wildman–Crippen LogP) is 14.1. The molecule has 0 bridgehead atoms. The van der Waals surface area contributed by atoms with Gasteiger partial charge in [0.25, 0.3) is 0 Å². The van der Waals surface area contributed by atoms with Crippen molar-refractivity contribution in [2.75, 3.05) is 11.5 Å². The van der Waals surface area contributed by atoms with Crippen molar-refractivity contribution in [3.05, 3.63) is 12.8 Å². The van der Waals surface area contributed by atoms with Gasteiger partial charge in [0, 0.05) is 0 Å². The van der Waals surface area contributed by atoms with Crippen LogP contribution in [0.3, 0.4) is 0 Å². The van der Waals surface area contributed by atoms with E-state index < -0.39 is 0 Å². The smallest absolute Gasteiger partial charge is 0.793 e. The summed E-state index contributed by atoms with van der Waals surface area (Å²) < 4.78 is 0. The molecule has 0 atom stereocenters. The first-order valence-electron chi connectivity index (χ1n) is 18.3. The summed E-state index contributed by atoms with van der Waals surface area (Å²) in [7, 11) is 0. The minimum absolute atomic E-state index is 0. The molecule has 0 aliphatic heterocycles. The molecular weight excluding hydrogens is 639 g/mol. The second kappa shape index (κ2) is 60.7. The summed E-state index contributed by atoms with van der Waals surface area (Å²) in [5.74, 6) is 1.91. The fraction of sp³-hybridized carbons (Fsp3) is 0.947. The zero-order chi connectivity index (χ0) is 30.6. The Morgan fingerprint density at radius 2 is 0.415 bits per heavy atom. The summed E-state index contributed by atoms with van der Waals surface area (Å²) in [5.41, 5.74) is 0. The molecule has 0 spiro atoms. The zero-order valence-corrected chi connectivity index (χ0v) is 34.2. The maximum atomic E-state index is 4.94. The van der Waals surface area contributed by atoms with Gasteiger partial charge in [-0.2, -0.15) is 11.5 Å². The minimum Gasteiger partial charge on any atom is -0.793 e. The molecule has 0 aliphatic carbocycles. The summed E-state index contributed by atoms with van der Waals surface area (Å²) in [6.07, 6.45) is 44.0. The van der Waals surface area contributed by atoms with Gasteiger partial charge in [0.15, 0.2) is 0 Å². The van der Waals surface area contributed by atoms with Crippen LogP contribution >= 0.6 is 0 Å². The molecule has 0 heterocycles. The van der Waals surface area contributed by atoms with Crippen molar-refractivity contribution >= 4 is 49.2 Å². The molecule has 0 saturated carbocycles. The molecule has 0 fully saturated rings. The Morgan fingerprint density at radius 1 is 0.293 bits per heavy atom. The van der Waals surface area contributed by atoms with Gasteiger partial charge >= 0.3 is 23.9 Å². The fourth-order valence-corrected chi connectivity index (χ4v) is 5.00. The number of rotatable bonds is 28. The molecule has 0 aliphatic rings. The van der Waals surface area contributed by atoms with E-state index in [0.717, 1.165) is 11.5 Å². The average Bonchev–Trinajstić information content (AvgIpc) is 2.95. The van der Waals surface area contributed by atoms with Gasteiger partial charge in [-0.15, -0.1) is 0 Å². The Balaban J connectivity index is -0.000000173. The molecular formula is C38H80S2Sn. The van der Waals surface area contributed by atoms with E-state index in [-0.39, 0.29) is 23.9 Å². The molecule has 0 aromatic carbocycles. The molecule has 41 heavy (non-hydrogen) atoms. The summed E-state index contributed by atoms with van der Waals surface area (Å²) in [6, 6.07) is 0. The number of hydrogen-bond donors (Lipinski definition) is 0. The van der Waals surface area contributed by atoms with Crippen LogP contribution in [-0.4, -0.2) is 35.4 Å². The van der Waals surface area contributed by atoms with Crippen LogP contribution in [0.15, 0.2) is 0 Å². The topological polar surface area (TPSA) is 0 Å². The summed E-state index contributed by atoms with van der Waals surface area (Å²) in [6.45, 7) is 12.6. The van der Waals surface area contributed by atoms with Gasteiger partial charge in [-0.25, -0.2) is 0 Å². The van der Waals surface area contributed by atoms with Crippen LogP contribution < -0.4 is 0 Å². The summed E-state index contributed by atoms with van der Waals surface area (Å²) in [5, 5.41) is 0. The van der Waals surface area contributed by atoms with Gasteiger partial charge in [0.2, 0.25) is 0 Å². The van der Waals surface area contributed by atoms with Gasteiger partial charge in [-0.05, 0) is 12.8 Å². The van der Waals surface area contributed by atoms with E-state index >= 15 is 0 Å². The van der Waals surface area contributed by atoms with Gasteiger partial charge in [-0.1, -0.05) is 221 Å². The van der Waals surface area contributed by atoms with E-state index in [1.165, 1.54) is 180 Å². The third-order valence-corrected chi connectivity index (χ3v) is 7.57. The largest absolute Gasteiger partial charge is 2.00 e. The van der Waals surface area contributed by atoms with Gasteiger partial charge in [-0.3, -0.25) is 0 Å². The number of unbranched alkanes of at least 4 members (excludes halogenated alkanes) is 26. The van der Waals surface area contributed by atoms with Crippen molar-refractivity contribution in [3.63, 3.8) is 0 Å². The Morgan fingerprint density at radius 3 is 0.537 bits per heavy atom. The van der Waals surface area contributed by atoms with E-state index in [0.29, 0.717) is 0 Å². The van der Waals surface area contributed by atoms with Crippen molar-refractivity contribution in [2.45, 2.75) is 221 Å². The van der Waals surface area contributed by atoms with Crippen molar-refractivity contribution in [3.8, 4) is 0 Å². The summed E-state index contributed by atoms with van der Waals surface area (Å²) >= 11 is 9.88. The normalized spacial score (nSPS) is 9.95. The molecule has 4 radical (unpaired) electrons. The Bertz CT molecular complexity index is 278. The van der Waals surface area contributed by atoms with Crippen LogP contribution in [0.2, 0.25) is 0 Å². The molecule has 248 valence electrons. The molecule has 0 nitrogen and oxygen atoms in total. The third-order valence-electron chi connectivity index (χ3n) is 7.00. The van der Waals surface area contributed by atoms with Gasteiger partial charge in [0.05, 0.1) is 0 Å². The van der Waals surface area contributed by atoms with Crippen molar-refractivity contribution in [2.24, 2.45) is 0 Å². The molecule has 0 unspecified atom stereocenters. The molecule has 0 rings (SSSR count). The quantitative estimate of drug-likeness (QED) is 0.0449. The molecule has 0 N–H and O–H groups in total. The standard InChI is InChI=1S/2C16H34S.2C3H7.Sn/c2*1-2-3-4-5-6-7-8-9-10-11-12-13-14-15-16-17;2*1-3-2;/h2*17H,2-16H2,1H3;2*3H,1-2H3;/q;;;;+2/p-2. The van der Waals surface area contributed by atoms with Crippen LogP contribution in [-0.2, 0) is 25.3 Å². The molecule has 3 heteroatoms. The van der Waals surface area contributed by atoms with E-state index in [4.69, 9.17) is 25.3 Å². The third kappa shape index (κ3) is 74.4. The second-order valence-corrected chi connectivity index (χ2v) is 12.6. The Labute approximate surface area is 293 Å². The molecule has 0 aromatic heterocycles. The molecule has 0 aromatic rings. The van der Waals surface area contributed by atoms with Crippen LogP contribution in [0.5, 0.6) is 0 Å². The molecule has 0 saturated heterocycles. The monoisotopic (exact) mass is 720 g/mol. The first kappa shape index (κ1) is 52.0. The second-order valence-electron chi connectivity index (χ2n) is 11.8. The Hall–Kier alpha value is 1.50. The van der Waals surface area contributed by atoms with E-state index in [9.17, 15) is 0 Å². The zero-order valence-electron chi connectivity index (χ0n) is 29.7. The SMILES string of the molecule is CCCCCCCCCCCCCCCC[S-].CCCCCCCCCCCCCCCC[S-].C[CH]C.C[CH]C.[Sn+2]. The Kier molecular flexibility index (Phi) is 77.0. The van der Waals surface area contributed by atoms with E-state index in [1.807, 2.05) is 40.5 Å². The van der Waals surface area contributed by atoms with Gasteiger partial charge in [0.1, 0.15) is 0 Å². The average molecular weight is 720 g/mol. The van der Waals surface area contributed by atoms with E-state index in [1.54, 1.807) is 0 Å². The maximum Gasteiger partial charge on any atom is 2.00 e. The van der Waals surface area contributed by atoms with Crippen molar-refractivity contribution in [1.82, 2.24) is 0 Å². The first-order valence-corrected chi connectivity index (χ1v) is 19.5. The molecule has 0 amide bonds. The van der Waals surface area contributed by atoms with Crippen LogP contribution in [0.1, 0.15) is 221 Å². The van der Waals surface area contributed by atoms with Crippen LogP contribution in [0, 0.1) is 12.8 Å². The van der Waals surface area contributed by atoms with E-state index in [2.05, 4.69) is 13.8 Å². The predicted molar refractivity (Wildman–Crippen MR) is 202 cm³/mol. The van der Waals surface area contributed by atoms with Crippen molar-refractivity contribution < 1.29 is 0 Å². The van der Waals surface area contributed by atoms with Crippen LogP contribution in [0.25, 0.3) is 0 Å². The first-order chi connectivity index (χ1) is 19.7.